The maximum Gasteiger partial charge on any atom is 0.243 e. The number of likely N-dealkylation sites (tertiary alicyclic amines) is 1. The minimum Gasteiger partial charge on any atom is -0.748 e. The molecule has 1 saturated heterocycles. The first-order valence-electron chi connectivity index (χ1n) is 8.15. The van der Waals surface area contributed by atoms with E-state index in [0.29, 0.717) is 0 Å². The summed E-state index contributed by atoms with van der Waals surface area (Å²) in [6.45, 7) is 12.7. The lowest BCUT2D eigenvalue weighted by molar-refractivity contribution is -0.897. The molecule has 1 fully saturated rings. The van der Waals surface area contributed by atoms with Crippen molar-refractivity contribution in [3.05, 3.63) is 12.7 Å². The average Bonchev–Trinajstić information content (AvgIpc) is 2.81. The van der Waals surface area contributed by atoms with Gasteiger partial charge in [-0.1, -0.05) is 19.9 Å². The number of unbranched alkanes of at least 4 members (excludes halogenated alkanes) is 1. The highest BCUT2D eigenvalue weighted by molar-refractivity contribution is 7.85. The van der Waals surface area contributed by atoms with Gasteiger partial charge < -0.3 is 14.4 Å². The molecule has 0 aliphatic carbocycles. The molecular weight excluding hydrogens is 316 g/mol. The van der Waals surface area contributed by atoms with Crippen molar-refractivity contribution in [1.29, 1.82) is 0 Å². The number of quaternary nitrogens is 1. The van der Waals surface area contributed by atoms with Crippen molar-refractivity contribution in [2.24, 2.45) is 0 Å². The summed E-state index contributed by atoms with van der Waals surface area (Å²) in [4.78, 5) is 10.8. The summed E-state index contributed by atoms with van der Waals surface area (Å²) in [6, 6.07) is 0. The van der Waals surface area contributed by atoms with Gasteiger partial charge in [-0.3, -0.25) is 4.79 Å². The van der Waals surface area contributed by atoms with Crippen molar-refractivity contribution < 1.29 is 22.2 Å². The van der Waals surface area contributed by atoms with Crippen molar-refractivity contribution >= 4 is 16.0 Å². The van der Waals surface area contributed by atoms with Crippen LogP contribution in [0.25, 0.3) is 0 Å². The number of carbonyl (C=O) groups excluding carboxylic acids is 1. The van der Waals surface area contributed by atoms with Crippen molar-refractivity contribution in [3.63, 3.8) is 0 Å². The van der Waals surface area contributed by atoms with Crippen LogP contribution < -0.4 is 5.32 Å². The molecule has 0 bridgehead atoms. The zero-order chi connectivity index (χ0) is 18.1. The fraction of sp³-hybridized carbons (Fsp3) is 0.812. The van der Waals surface area contributed by atoms with E-state index in [1.165, 1.54) is 63.6 Å². The highest BCUT2D eigenvalue weighted by atomic mass is 32.2. The van der Waals surface area contributed by atoms with Gasteiger partial charge in [-0.15, -0.1) is 0 Å². The standard InChI is InChI=1S/C9H20N.C7H13NO4S/c1-3-4-7-10(2)8-5-6-9-10;1-4-6(9)8-7(2,3)5-13(10,11)12/h3-9H2,1-2H3;4H,1,5H2,2-3H3,(H,8,9)(H,10,11,12)/q+1;/p-1. The highest BCUT2D eigenvalue weighted by Gasteiger charge is 2.25. The topological polar surface area (TPSA) is 86.3 Å². The largest absolute Gasteiger partial charge is 0.748 e. The second kappa shape index (κ2) is 9.39. The summed E-state index contributed by atoms with van der Waals surface area (Å²) in [6.07, 6.45) is 6.70. The van der Waals surface area contributed by atoms with E-state index in [-0.39, 0.29) is 0 Å². The first kappa shape index (κ1) is 22.1. The van der Waals surface area contributed by atoms with Gasteiger partial charge in [-0.2, -0.15) is 0 Å². The number of nitrogens with zero attached hydrogens (tertiary/aromatic N) is 1. The van der Waals surface area contributed by atoms with Crippen molar-refractivity contribution in [2.45, 2.75) is 52.0 Å². The molecule has 0 radical (unpaired) electrons. The van der Waals surface area contributed by atoms with Gasteiger partial charge in [0, 0.05) is 18.4 Å². The van der Waals surface area contributed by atoms with Crippen LogP contribution in [0.3, 0.4) is 0 Å². The zero-order valence-electron chi connectivity index (χ0n) is 14.9. The molecule has 0 aromatic carbocycles. The third-order valence-corrected chi connectivity index (χ3v) is 4.96. The van der Waals surface area contributed by atoms with Crippen LogP contribution in [0.2, 0.25) is 0 Å². The fourth-order valence-corrected chi connectivity index (χ4v) is 3.68. The molecule has 0 spiro atoms. The Morgan fingerprint density at radius 1 is 1.35 bits per heavy atom. The van der Waals surface area contributed by atoms with Crippen LogP contribution in [0, 0.1) is 0 Å². The summed E-state index contributed by atoms with van der Waals surface area (Å²) < 4.78 is 32.5. The molecule has 136 valence electrons. The Morgan fingerprint density at radius 3 is 2.26 bits per heavy atom. The van der Waals surface area contributed by atoms with Crippen molar-refractivity contribution in [3.8, 4) is 0 Å². The third kappa shape index (κ3) is 11.3. The molecule has 1 aliphatic rings. The summed E-state index contributed by atoms with van der Waals surface area (Å²) >= 11 is 0. The summed E-state index contributed by atoms with van der Waals surface area (Å²) in [5.74, 6) is -1.15. The second-order valence-electron chi connectivity index (χ2n) is 7.13. The van der Waals surface area contributed by atoms with E-state index in [2.05, 4.69) is 25.9 Å². The van der Waals surface area contributed by atoms with E-state index in [1.807, 2.05) is 0 Å². The molecule has 1 amide bonds. The molecule has 1 rings (SSSR count). The molecule has 0 aromatic heterocycles. The Labute approximate surface area is 141 Å². The van der Waals surface area contributed by atoms with Crippen LogP contribution >= 0.6 is 0 Å². The highest BCUT2D eigenvalue weighted by Crippen LogP contribution is 2.16. The molecule has 0 unspecified atom stereocenters. The van der Waals surface area contributed by atoms with E-state index >= 15 is 0 Å². The Morgan fingerprint density at radius 2 is 1.87 bits per heavy atom. The van der Waals surface area contributed by atoms with E-state index in [1.54, 1.807) is 0 Å². The fourth-order valence-electron chi connectivity index (χ4n) is 2.72. The molecule has 23 heavy (non-hydrogen) atoms. The lowest BCUT2D eigenvalue weighted by atomic mass is 10.1. The van der Waals surface area contributed by atoms with Crippen molar-refractivity contribution in [1.82, 2.24) is 5.32 Å². The SMILES string of the molecule is C=CC(=O)NC(C)(C)CS(=O)(=O)[O-].CCCC[N+]1(C)CCCC1. The maximum absolute atomic E-state index is 10.8. The summed E-state index contributed by atoms with van der Waals surface area (Å²) in [5, 5.41) is 2.33. The van der Waals surface area contributed by atoms with Gasteiger partial charge in [0.05, 0.1) is 42.6 Å². The van der Waals surface area contributed by atoms with Crippen LogP contribution in [-0.2, 0) is 14.9 Å². The van der Waals surface area contributed by atoms with Crippen LogP contribution in [-0.4, -0.2) is 61.3 Å². The normalized spacial score (nSPS) is 17.1. The third-order valence-electron chi connectivity index (χ3n) is 3.88. The van der Waals surface area contributed by atoms with E-state index in [0.717, 1.165) is 6.08 Å². The van der Waals surface area contributed by atoms with Gasteiger partial charge in [0.25, 0.3) is 0 Å². The molecule has 7 heteroatoms. The Kier molecular flexibility index (Phi) is 9.02. The number of nitrogens with one attached hydrogen (secondary N) is 1. The Bertz CT molecular complexity index is 480. The molecular formula is C16H32N2O4S. The number of hydrogen-bond donors (Lipinski definition) is 1. The van der Waals surface area contributed by atoms with E-state index in [4.69, 9.17) is 0 Å². The molecule has 1 heterocycles. The Hall–Kier alpha value is -0.920. The second-order valence-corrected chi connectivity index (χ2v) is 8.53. The van der Waals surface area contributed by atoms with Gasteiger partial charge in [0.2, 0.25) is 5.91 Å². The van der Waals surface area contributed by atoms with E-state index in [9.17, 15) is 17.8 Å². The van der Waals surface area contributed by atoms with Gasteiger partial charge in [-0.25, -0.2) is 8.42 Å². The molecule has 0 saturated carbocycles. The number of hydrogen-bond acceptors (Lipinski definition) is 4. The first-order valence-corrected chi connectivity index (χ1v) is 9.72. The van der Waals surface area contributed by atoms with Crippen LogP contribution in [0.4, 0.5) is 0 Å². The predicted molar refractivity (Wildman–Crippen MR) is 91.9 cm³/mol. The number of carbonyl (C=O) groups is 1. The molecule has 6 nitrogen and oxygen atoms in total. The van der Waals surface area contributed by atoms with Gasteiger partial charge in [-0.05, 0) is 26.3 Å². The van der Waals surface area contributed by atoms with E-state index < -0.39 is 27.3 Å². The lowest BCUT2D eigenvalue weighted by Gasteiger charge is -2.28. The quantitative estimate of drug-likeness (QED) is 0.430. The van der Waals surface area contributed by atoms with Gasteiger partial charge in [0.1, 0.15) is 0 Å². The number of amides is 1. The van der Waals surface area contributed by atoms with Crippen molar-refractivity contribution in [2.75, 3.05) is 32.4 Å². The monoisotopic (exact) mass is 348 g/mol. The molecule has 1 aliphatic heterocycles. The predicted octanol–water partition coefficient (Wildman–Crippen LogP) is 1.64. The number of rotatable bonds is 7. The van der Waals surface area contributed by atoms with Crippen LogP contribution in [0.1, 0.15) is 46.5 Å². The van der Waals surface area contributed by atoms with Crippen LogP contribution in [0.15, 0.2) is 12.7 Å². The summed E-state index contributed by atoms with van der Waals surface area (Å²) in [5.41, 5.74) is -1.06. The minimum atomic E-state index is -4.33. The van der Waals surface area contributed by atoms with Crippen LogP contribution in [0.5, 0.6) is 0 Å². The Balaban J connectivity index is 0.000000433. The maximum atomic E-state index is 10.8. The average molecular weight is 349 g/mol. The molecule has 1 N–H and O–H groups in total. The smallest absolute Gasteiger partial charge is 0.243 e. The molecule has 0 aromatic rings. The van der Waals surface area contributed by atoms with Gasteiger partial charge in [0.15, 0.2) is 0 Å². The molecule has 0 atom stereocenters. The van der Waals surface area contributed by atoms with Gasteiger partial charge >= 0.3 is 0 Å². The zero-order valence-corrected chi connectivity index (χ0v) is 15.7. The minimum absolute atomic E-state index is 0.506. The lowest BCUT2D eigenvalue weighted by Crippen LogP contribution is -2.47. The first-order chi connectivity index (χ1) is 10.4. The summed E-state index contributed by atoms with van der Waals surface area (Å²) in [7, 11) is -1.93.